The second-order valence-corrected chi connectivity index (χ2v) is 3.00. The first-order valence-electron chi connectivity index (χ1n) is 3.68. The first kappa shape index (κ1) is 8.05. The molecule has 10 heavy (non-hydrogen) atoms. The summed E-state index contributed by atoms with van der Waals surface area (Å²) in [6.45, 7) is 2.09. The third-order valence-corrected chi connectivity index (χ3v) is 2.30. The third kappa shape index (κ3) is 1.19. The first-order chi connectivity index (χ1) is 4.66. The summed E-state index contributed by atoms with van der Waals surface area (Å²) in [7, 11) is 1.94. The maximum Gasteiger partial charge on any atom is 0.141 e. The average molecular weight is 143 g/mol. The van der Waals surface area contributed by atoms with Crippen LogP contribution in [0.1, 0.15) is 6.92 Å². The predicted molar refractivity (Wildman–Crippen MR) is 41.4 cm³/mol. The van der Waals surface area contributed by atoms with Crippen LogP contribution < -0.4 is 5.73 Å². The molecule has 58 valence electrons. The van der Waals surface area contributed by atoms with Crippen molar-refractivity contribution in [3.63, 3.8) is 0 Å². The molecule has 0 aliphatic carbocycles. The molecule has 3 nitrogen and oxygen atoms in total. The summed E-state index contributed by atoms with van der Waals surface area (Å²) in [6.07, 6.45) is -0.0509. The molecule has 3 N–H and O–H groups in total. The fraction of sp³-hybridized carbons (Fsp3) is 1.00. The van der Waals surface area contributed by atoms with Crippen LogP contribution in [-0.2, 0) is 4.74 Å². The van der Waals surface area contributed by atoms with E-state index in [9.17, 15) is 0 Å². The minimum Gasteiger partial charge on any atom is -0.394 e. The normalized spacial score (nSPS) is 47.9. The van der Waals surface area contributed by atoms with Crippen LogP contribution in [0, 0.1) is 5.92 Å². The van der Waals surface area contributed by atoms with Crippen LogP contribution >= 0.6 is 0 Å². The zero-order chi connectivity index (χ0) is 7.72. The molecule has 0 bridgehead atoms. The van der Waals surface area contributed by atoms with Crippen LogP contribution in [0.2, 0.25) is 0 Å². The van der Waals surface area contributed by atoms with Crippen LogP contribution in [0.4, 0.5) is 0 Å². The van der Waals surface area contributed by atoms with Crippen molar-refractivity contribution in [1.82, 2.24) is 0 Å². The zero-order valence-corrected chi connectivity index (χ0v) is 6.45. The highest BCUT2D eigenvalue weighted by Gasteiger charge is 2.35. The van der Waals surface area contributed by atoms with E-state index in [-0.39, 0.29) is 30.7 Å². The molecule has 0 spiro atoms. The van der Waals surface area contributed by atoms with Gasteiger partial charge in [0.2, 0.25) is 0 Å². The van der Waals surface area contributed by atoms with Crippen molar-refractivity contribution < 1.29 is 9.84 Å². The molecule has 0 radical (unpaired) electrons. The SMILES string of the molecule is B[C@@H]1O[C@H](CO)[C@@H](C)[C@H]1N. The summed E-state index contributed by atoms with van der Waals surface area (Å²) >= 11 is 0. The molecule has 0 aromatic heterocycles. The molecule has 0 unspecified atom stereocenters. The van der Waals surface area contributed by atoms with Crippen LogP contribution in [0.5, 0.6) is 0 Å². The van der Waals surface area contributed by atoms with Gasteiger partial charge in [-0.25, -0.2) is 0 Å². The monoisotopic (exact) mass is 143 g/mol. The number of ether oxygens (including phenoxy) is 1. The van der Waals surface area contributed by atoms with E-state index >= 15 is 0 Å². The molecule has 0 saturated carbocycles. The molecule has 4 atom stereocenters. The minimum absolute atomic E-state index is 0.0509. The van der Waals surface area contributed by atoms with Crippen LogP contribution in [0.15, 0.2) is 0 Å². The van der Waals surface area contributed by atoms with Crippen molar-refractivity contribution in [3.8, 4) is 0 Å². The average Bonchev–Trinajstić information content (AvgIpc) is 2.17. The molecule has 1 rings (SSSR count). The van der Waals surface area contributed by atoms with Gasteiger partial charge in [-0.1, -0.05) is 6.92 Å². The fourth-order valence-electron chi connectivity index (χ4n) is 1.38. The van der Waals surface area contributed by atoms with E-state index in [2.05, 4.69) is 0 Å². The molecule has 1 aliphatic rings. The number of aliphatic hydroxyl groups is 1. The van der Waals surface area contributed by atoms with Crippen LogP contribution in [0.3, 0.4) is 0 Å². The lowest BCUT2D eigenvalue weighted by molar-refractivity contribution is 0.0290. The van der Waals surface area contributed by atoms with Gasteiger partial charge >= 0.3 is 0 Å². The van der Waals surface area contributed by atoms with E-state index in [0.717, 1.165) is 0 Å². The fourth-order valence-corrected chi connectivity index (χ4v) is 1.38. The molecular formula is C6H14BNO2. The maximum absolute atomic E-state index is 8.79. The summed E-state index contributed by atoms with van der Waals surface area (Å²) in [4.78, 5) is 0. The van der Waals surface area contributed by atoms with Gasteiger partial charge in [-0.3, -0.25) is 0 Å². The van der Waals surface area contributed by atoms with Crippen LogP contribution in [0.25, 0.3) is 0 Å². The Bertz CT molecular complexity index is 122. The summed E-state index contributed by atoms with van der Waals surface area (Å²) in [5, 5.41) is 8.79. The summed E-state index contributed by atoms with van der Waals surface area (Å²) < 4.78 is 5.36. The van der Waals surface area contributed by atoms with Gasteiger partial charge in [0.15, 0.2) is 0 Å². The summed E-state index contributed by atoms with van der Waals surface area (Å²) in [5.41, 5.74) is 5.75. The van der Waals surface area contributed by atoms with Crippen molar-refractivity contribution in [2.75, 3.05) is 6.61 Å². The molecule has 1 fully saturated rings. The van der Waals surface area contributed by atoms with E-state index in [1.54, 1.807) is 0 Å². The zero-order valence-electron chi connectivity index (χ0n) is 6.45. The van der Waals surface area contributed by atoms with Gasteiger partial charge in [0.1, 0.15) is 7.85 Å². The van der Waals surface area contributed by atoms with E-state index in [1.807, 2.05) is 14.8 Å². The number of rotatable bonds is 1. The largest absolute Gasteiger partial charge is 0.394 e. The van der Waals surface area contributed by atoms with Gasteiger partial charge in [0.05, 0.1) is 12.7 Å². The van der Waals surface area contributed by atoms with Gasteiger partial charge in [-0.15, -0.1) is 0 Å². The molecule has 1 heterocycles. The topological polar surface area (TPSA) is 55.5 Å². The van der Waals surface area contributed by atoms with Crippen molar-refractivity contribution >= 4 is 7.85 Å². The first-order valence-corrected chi connectivity index (χ1v) is 3.68. The molecule has 4 heteroatoms. The molecule has 0 aromatic carbocycles. The minimum atomic E-state index is -0.0509. The Labute approximate surface area is 62.0 Å². The molecule has 1 aliphatic heterocycles. The molecule has 1 saturated heterocycles. The smallest absolute Gasteiger partial charge is 0.141 e. The lowest BCUT2D eigenvalue weighted by atomic mass is 9.87. The maximum atomic E-state index is 8.79. The molecule has 0 amide bonds. The van der Waals surface area contributed by atoms with Gasteiger partial charge in [-0.05, 0) is 0 Å². The number of hydrogen-bond acceptors (Lipinski definition) is 3. The predicted octanol–water partition coefficient (Wildman–Crippen LogP) is -1.70. The highest BCUT2D eigenvalue weighted by molar-refractivity contribution is 6.11. The lowest BCUT2D eigenvalue weighted by Crippen LogP contribution is -2.35. The lowest BCUT2D eigenvalue weighted by Gasteiger charge is -2.12. The van der Waals surface area contributed by atoms with E-state index in [0.29, 0.717) is 0 Å². The summed E-state index contributed by atoms with van der Waals surface area (Å²) in [5.74, 6) is 0.278. The Kier molecular flexibility index (Phi) is 2.34. The molecule has 0 aromatic rings. The third-order valence-electron chi connectivity index (χ3n) is 2.30. The Morgan fingerprint density at radius 3 is 2.50 bits per heavy atom. The van der Waals surface area contributed by atoms with E-state index < -0.39 is 0 Å². The summed E-state index contributed by atoms with van der Waals surface area (Å²) in [6, 6.07) is 0.171. The van der Waals surface area contributed by atoms with Gasteiger partial charge in [0, 0.05) is 18.0 Å². The Morgan fingerprint density at radius 2 is 2.30 bits per heavy atom. The highest BCUT2D eigenvalue weighted by atomic mass is 16.5. The highest BCUT2D eigenvalue weighted by Crippen LogP contribution is 2.22. The Balaban J connectivity index is 2.53. The quantitative estimate of drug-likeness (QED) is 0.430. The number of nitrogens with two attached hydrogens (primary N) is 1. The molecular weight excluding hydrogens is 129 g/mol. The van der Waals surface area contributed by atoms with Gasteiger partial charge in [0.25, 0.3) is 0 Å². The van der Waals surface area contributed by atoms with Gasteiger partial charge < -0.3 is 15.6 Å². The van der Waals surface area contributed by atoms with Crippen molar-refractivity contribution in [3.05, 3.63) is 0 Å². The van der Waals surface area contributed by atoms with E-state index in [1.165, 1.54) is 0 Å². The van der Waals surface area contributed by atoms with Crippen LogP contribution in [-0.4, -0.2) is 37.7 Å². The second-order valence-electron chi connectivity index (χ2n) is 3.00. The van der Waals surface area contributed by atoms with Crippen molar-refractivity contribution in [2.24, 2.45) is 11.7 Å². The van der Waals surface area contributed by atoms with Gasteiger partial charge in [-0.2, -0.15) is 0 Å². The van der Waals surface area contributed by atoms with Crippen molar-refractivity contribution in [1.29, 1.82) is 0 Å². The second kappa shape index (κ2) is 2.90. The standard InChI is InChI=1S/C6H14BNO2/c1-3-4(2-9)10-6(7)5(3)8/h3-6,9H,2,7-8H2,1H3/t3-,4-,5-,6-/m1/s1. The Morgan fingerprint density at radius 1 is 1.70 bits per heavy atom. The number of aliphatic hydroxyl groups excluding tert-OH is 1. The number of hydrogen-bond donors (Lipinski definition) is 2. The Hall–Kier alpha value is -0.0551. The van der Waals surface area contributed by atoms with E-state index in [4.69, 9.17) is 15.6 Å². The van der Waals surface area contributed by atoms with Crippen molar-refractivity contribution in [2.45, 2.75) is 25.1 Å².